The second-order valence-corrected chi connectivity index (χ2v) is 4.75. The van der Waals surface area contributed by atoms with Crippen LogP contribution in [0.4, 0.5) is 17.6 Å². The molecule has 1 aliphatic rings. The van der Waals surface area contributed by atoms with Crippen molar-refractivity contribution >= 4 is 11.5 Å². The van der Waals surface area contributed by atoms with Crippen molar-refractivity contribution in [3.05, 3.63) is 48.1 Å². The smallest absolute Gasteiger partial charge is 0.264 e. The molecule has 0 spiro atoms. The number of aromatic nitrogens is 2. The fraction of sp³-hybridized carbons (Fsp3) is 0.214. The van der Waals surface area contributed by atoms with E-state index < -0.39 is 40.2 Å². The van der Waals surface area contributed by atoms with Crippen LogP contribution in [0.3, 0.4) is 0 Å². The van der Waals surface area contributed by atoms with Crippen LogP contribution >= 0.6 is 0 Å². The second kappa shape index (κ2) is 5.39. The third-order valence-corrected chi connectivity index (χ3v) is 3.42. The quantitative estimate of drug-likeness (QED) is 0.509. The number of amides is 1. The van der Waals surface area contributed by atoms with Gasteiger partial charge in [-0.1, -0.05) is 6.08 Å². The Morgan fingerprint density at radius 1 is 1.48 bits per heavy atom. The molecule has 1 heterocycles. The van der Waals surface area contributed by atoms with Gasteiger partial charge in [0.05, 0.1) is 17.3 Å². The average molecular weight is 326 g/mol. The summed E-state index contributed by atoms with van der Waals surface area (Å²) in [5, 5.41) is 16.3. The molecule has 0 aliphatic heterocycles. The summed E-state index contributed by atoms with van der Waals surface area (Å²) in [6, 6.07) is 2.23. The van der Waals surface area contributed by atoms with E-state index in [2.05, 4.69) is 16.8 Å². The minimum Gasteiger partial charge on any atom is -0.317 e. The zero-order valence-electron chi connectivity index (χ0n) is 11.8. The van der Waals surface area contributed by atoms with Gasteiger partial charge in [0.25, 0.3) is 5.79 Å². The first-order valence-corrected chi connectivity index (χ1v) is 6.23. The number of halogens is 4. The Kier molecular flexibility index (Phi) is 3.86. The number of carbonyl (C=O) groups excluding carboxylic acids is 1. The Bertz CT molecular complexity index is 777. The number of hydrogen-bond acceptors (Lipinski definition) is 3. The Morgan fingerprint density at radius 2 is 2.13 bits per heavy atom. The minimum absolute atomic E-state index is 0.363. The summed E-state index contributed by atoms with van der Waals surface area (Å²) in [7, 11) is 0. The van der Waals surface area contributed by atoms with Crippen LogP contribution in [0.25, 0.3) is 5.57 Å². The molecule has 1 aromatic heterocycles. The third-order valence-electron chi connectivity index (χ3n) is 3.42. The van der Waals surface area contributed by atoms with Crippen molar-refractivity contribution in [2.45, 2.75) is 12.7 Å². The van der Waals surface area contributed by atoms with Gasteiger partial charge in [0, 0.05) is 13.1 Å². The summed E-state index contributed by atoms with van der Waals surface area (Å²) in [5.74, 6) is -10.3. The van der Waals surface area contributed by atoms with Gasteiger partial charge in [-0.2, -0.15) is 10.4 Å². The normalized spacial score (nSPS) is 27.7. The summed E-state index contributed by atoms with van der Waals surface area (Å²) < 4.78 is 58.7. The first-order valence-electron chi connectivity index (χ1n) is 6.23. The lowest BCUT2D eigenvalue weighted by molar-refractivity contribution is -0.124. The highest BCUT2D eigenvalue weighted by atomic mass is 19.2. The largest absolute Gasteiger partial charge is 0.317 e. The van der Waals surface area contributed by atoms with Gasteiger partial charge in [-0.05, 0) is 6.07 Å². The van der Waals surface area contributed by atoms with Crippen molar-refractivity contribution < 1.29 is 22.4 Å². The molecule has 1 aliphatic carbocycles. The maximum Gasteiger partial charge on any atom is 0.264 e. The van der Waals surface area contributed by atoms with Crippen LogP contribution in [0.2, 0.25) is 0 Å². The van der Waals surface area contributed by atoms with Crippen molar-refractivity contribution in [2.24, 2.45) is 5.41 Å². The molecule has 9 heteroatoms. The van der Waals surface area contributed by atoms with Gasteiger partial charge in [0.15, 0.2) is 22.9 Å². The number of allylic oxidation sites excluding steroid dienone is 2. The standard InChI is InChI=1S/C14H10F4N4O/c1-3-13(6-19)12(17)10(15)9(8-4-5-20-22-8)11(16)14(13,18)21-7(2)23/h3-5H,1H2,2H3,(H,20,22)(H,21,23). The van der Waals surface area contributed by atoms with Crippen LogP contribution in [-0.4, -0.2) is 21.9 Å². The van der Waals surface area contributed by atoms with E-state index in [4.69, 9.17) is 5.26 Å². The molecule has 23 heavy (non-hydrogen) atoms. The average Bonchev–Trinajstić information content (AvgIpc) is 3.00. The molecule has 2 rings (SSSR count). The highest BCUT2D eigenvalue weighted by Crippen LogP contribution is 2.55. The first-order chi connectivity index (χ1) is 10.7. The van der Waals surface area contributed by atoms with Crippen molar-refractivity contribution in [3.63, 3.8) is 0 Å². The molecule has 2 N–H and O–H groups in total. The summed E-state index contributed by atoms with van der Waals surface area (Å²) in [4.78, 5) is 11.2. The van der Waals surface area contributed by atoms with Crippen LogP contribution in [0.5, 0.6) is 0 Å². The molecule has 0 aromatic carbocycles. The third kappa shape index (κ3) is 2.06. The molecular weight excluding hydrogens is 316 g/mol. The first kappa shape index (κ1) is 16.5. The number of H-pyrrole nitrogens is 1. The van der Waals surface area contributed by atoms with E-state index in [0.29, 0.717) is 6.08 Å². The summed E-state index contributed by atoms with van der Waals surface area (Å²) in [6.45, 7) is 3.91. The monoisotopic (exact) mass is 326 g/mol. The number of alkyl halides is 1. The lowest BCUT2D eigenvalue weighted by Gasteiger charge is -2.39. The molecular formula is C14H10F4N4O. The van der Waals surface area contributed by atoms with E-state index in [1.165, 1.54) is 5.32 Å². The zero-order chi connectivity index (χ0) is 17.4. The second-order valence-electron chi connectivity index (χ2n) is 4.75. The van der Waals surface area contributed by atoms with Crippen molar-refractivity contribution in [1.82, 2.24) is 15.5 Å². The molecule has 0 bridgehead atoms. The molecule has 120 valence electrons. The van der Waals surface area contributed by atoms with Crippen LogP contribution in [0, 0.1) is 16.7 Å². The molecule has 0 radical (unpaired) electrons. The maximum atomic E-state index is 15.3. The number of carbonyl (C=O) groups is 1. The van der Waals surface area contributed by atoms with Gasteiger partial charge in [-0.25, -0.2) is 17.6 Å². The number of nitriles is 1. The van der Waals surface area contributed by atoms with Crippen LogP contribution in [0.1, 0.15) is 12.6 Å². The highest BCUT2D eigenvalue weighted by molar-refractivity contribution is 5.83. The van der Waals surface area contributed by atoms with E-state index in [9.17, 15) is 18.0 Å². The lowest BCUT2D eigenvalue weighted by atomic mass is 9.72. The maximum absolute atomic E-state index is 15.3. The lowest BCUT2D eigenvalue weighted by Crippen LogP contribution is -2.58. The number of hydrogen-bond donors (Lipinski definition) is 2. The Hall–Kier alpha value is -2.89. The highest BCUT2D eigenvalue weighted by Gasteiger charge is 2.64. The molecule has 1 aromatic rings. The van der Waals surface area contributed by atoms with Gasteiger partial charge in [-0.15, -0.1) is 6.58 Å². The summed E-state index contributed by atoms with van der Waals surface area (Å²) in [5.41, 5.74) is -4.56. The molecule has 0 saturated heterocycles. The molecule has 2 atom stereocenters. The van der Waals surface area contributed by atoms with Crippen LogP contribution < -0.4 is 5.32 Å². The molecule has 5 nitrogen and oxygen atoms in total. The van der Waals surface area contributed by atoms with Crippen molar-refractivity contribution in [2.75, 3.05) is 0 Å². The van der Waals surface area contributed by atoms with E-state index in [0.717, 1.165) is 25.3 Å². The number of rotatable bonds is 3. The van der Waals surface area contributed by atoms with Crippen LogP contribution in [0.15, 0.2) is 42.4 Å². The summed E-state index contributed by atoms with van der Waals surface area (Å²) in [6.07, 6.45) is 1.51. The molecule has 1 amide bonds. The fourth-order valence-corrected chi connectivity index (χ4v) is 2.31. The van der Waals surface area contributed by atoms with Gasteiger partial charge in [0.2, 0.25) is 5.91 Å². The predicted octanol–water partition coefficient (Wildman–Crippen LogP) is 2.75. The molecule has 0 fully saturated rings. The topological polar surface area (TPSA) is 81.6 Å². The molecule has 2 unspecified atom stereocenters. The van der Waals surface area contributed by atoms with E-state index in [1.54, 1.807) is 0 Å². The molecule has 0 saturated carbocycles. The number of nitrogens with one attached hydrogen (secondary N) is 2. The zero-order valence-corrected chi connectivity index (χ0v) is 11.8. The van der Waals surface area contributed by atoms with Gasteiger partial charge in [-0.3, -0.25) is 9.89 Å². The summed E-state index contributed by atoms with van der Waals surface area (Å²) >= 11 is 0. The fourth-order valence-electron chi connectivity index (χ4n) is 2.31. The Morgan fingerprint density at radius 3 is 2.57 bits per heavy atom. The minimum atomic E-state index is -3.67. The Labute approximate surface area is 128 Å². The van der Waals surface area contributed by atoms with E-state index in [-0.39, 0.29) is 5.69 Å². The van der Waals surface area contributed by atoms with Gasteiger partial charge in [0.1, 0.15) is 0 Å². The van der Waals surface area contributed by atoms with E-state index >= 15 is 4.39 Å². The number of aromatic amines is 1. The van der Waals surface area contributed by atoms with Crippen LogP contribution in [-0.2, 0) is 4.79 Å². The van der Waals surface area contributed by atoms with E-state index in [1.807, 2.05) is 0 Å². The van der Waals surface area contributed by atoms with Crippen molar-refractivity contribution in [3.8, 4) is 6.07 Å². The Balaban J connectivity index is 2.87. The van der Waals surface area contributed by atoms with Gasteiger partial charge < -0.3 is 5.32 Å². The SMILES string of the molecule is C=CC1(C#N)C(F)=C(F)C(c2ccn[nH]2)=C(F)C1(F)NC(C)=O. The predicted molar refractivity (Wildman–Crippen MR) is 71.8 cm³/mol. The van der Waals surface area contributed by atoms with Gasteiger partial charge >= 0.3 is 0 Å². The number of nitrogens with zero attached hydrogens (tertiary/aromatic N) is 2. The van der Waals surface area contributed by atoms with Crippen molar-refractivity contribution in [1.29, 1.82) is 5.26 Å².